The monoisotopic (exact) mass is 355 g/mol. The molecule has 1 heterocycles. The topological polar surface area (TPSA) is 12.5 Å². The average Bonchev–Trinajstić information content (AvgIpc) is 2.35. The van der Waals surface area contributed by atoms with Gasteiger partial charge in [0.25, 0.3) is 5.92 Å². The molecule has 0 unspecified atom stereocenters. The van der Waals surface area contributed by atoms with Crippen LogP contribution in [0.2, 0.25) is 0 Å². The van der Waals surface area contributed by atoms with Crippen molar-refractivity contribution >= 4 is 15.9 Å². The molecule has 1 saturated heterocycles. The number of benzene rings is 1. The lowest BCUT2D eigenvalue weighted by atomic mass is 10.1. The summed E-state index contributed by atoms with van der Waals surface area (Å²) >= 11 is 3.16. The first kappa shape index (κ1) is 15.6. The quantitative estimate of drug-likeness (QED) is 0.747. The Bertz CT molecular complexity index is 460. The summed E-state index contributed by atoms with van der Waals surface area (Å²) in [5, 5.41) is 0. The zero-order chi connectivity index (χ0) is 14.8. The third-order valence-corrected chi connectivity index (χ3v) is 3.83. The second-order valence-corrected chi connectivity index (χ2v) is 5.63. The van der Waals surface area contributed by atoms with Gasteiger partial charge in [0.2, 0.25) is 0 Å². The van der Waals surface area contributed by atoms with Crippen molar-refractivity contribution in [1.29, 1.82) is 0 Å². The van der Waals surface area contributed by atoms with Gasteiger partial charge in [-0.25, -0.2) is 8.78 Å². The second kappa shape index (κ2) is 6.30. The highest BCUT2D eigenvalue weighted by molar-refractivity contribution is 9.10. The van der Waals surface area contributed by atoms with Crippen LogP contribution in [0.25, 0.3) is 0 Å². The molecule has 7 heteroatoms. The maximum Gasteiger partial charge on any atom is 0.387 e. The number of likely N-dealkylation sites (tertiary alicyclic amines) is 1. The summed E-state index contributed by atoms with van der Waals surface area (Å²) in [7, 11) is 0. The Morgan fingerprint density at radius 1 is 1.25 bits per heavy atom. The molecule has 2 nitrogen and oxygen atoms in total. The molecule has 1 aromatic carbocycles. The molecule has 1 aromatic rings. The fraction of sp³-hybridized carbons (Fsp3) is 0.538. The number of ether oxygens (including phenoxy) is 1. The lowest BCUT2D eigenvalue weighted by Gasteiger charge is -2.31. The van der Waals surface area contributed by atoms with Gasteiger partial charge in [0.05, 0.1) is 4.47 Å². The second-order valence-electron chi connectivity index (χ2n) is 4.78. The van der Waals surface area contributed by atoms with Gasteiger partial charge in [-0.3, -0.25) is 4.90 Å². The molecule has 0 spiro atoms. The van der Waals surface area contributed by atoms with E-state index in [4.69, 9.17) is 0 Å². The van der Waals surface area contributed by atoms with Crippen LogP contribution in [0.1, 0.15) is 18.4 Å². The third-order valence-electron chi connectivity index (χ3n) is 3.21. The molecule has 0 bridgehead atoms. The van der Waals surface area contributed by atoms with Crippen LogP contribution in [0.5, 0.6) is 5.75 Å². The van der Waals surface area contributed by atoms with Gasteiger partial charge >= 0.3 is 6.61 Å². The van der Waals surface area contributed by atoms with Crippen molar-refractivity contribution in [2.75, 3.05) is 13.1 Å². The fourth-order valence-electron chi connectivity index (χ4n) is 2.13. The van der Waals surface area contributed by atoms with E-state index in [1.54, 1.807) is 12.1 Å². The Morgan fingerprint density at radius 2 is 1.90 bits per heavy atom. The van der Waals surface area contributed by atoms with E-state index >= 15 is 0 Å². The number of rotatable bonds is 4. The summed E-state index contributed by atoms with van der Waals surface area (Å²) in [6, 6.07) is 4.78. The van der Waals surface area contributed by atoms with Crippen molar-refractivity contribution in [3.63, 3.8) is 0 Å². The van der Waals surface area contributed by atoms with Crippen LogP contribution in [-0.2, 0) is 6.54 Å². The van der Waals surface area contributed by atoms with Crippen LogP contribution in [0.3, 0.4) is 0 Å². The van der Waals surface area contributed by atoms with Crippen molar-refractivity contribution in [1.82, 2.24) is 4.90 Å². The predicted octanol–water partition coefficient (Wildman–Crippen LogP) is 4.28. The molecule has 112 valence electrons. The zero-order valence-electron chi connectivity index (χ0n) is 10.6. The molecule has 0 radical (unpaired) electrons. The van der Waals surface area contributed by atoms with Crippen LogP contribution in [0.4, 0.5) is 17.6 Å². The van der Waals surface area contributed by atoms with Gasteiger partial charge < -0.3 is 4.74 Å². The van der Waals surface area contributed by atoms with Crippen molar-refractivity contribution in [2.24, 2.45) is 0 Å². The Hall–Kier alpha value is -0.820. The van der Waals surface area contributed by atoms with Gasteiger partial charge in [0.1, 0.15) is 5.75 Å². The van der Waals surface area contributed by atoms with E-state index in [1.165, 1.54) is 6.07 Å². The average molecular weight is 356 g/mol. The maximum absolute atomic E-state index is 13.0. The fourth-order valence-corrected chi connectivity index (χ4v) is 2.65. The Balaban J connectivity index is 1.95. The predicted molar refractivity (Wildman–Crippen MR) is 70.2 cm³/mol. The number of piperidine rings is 1. The standard InChI is InChI=1S/C13H14BrF4NO/c14-10-7-9(1-2-11(10)20-12(15)16)8-19-5-3-13(17,18)4-6-19/h1-2,7,12H,3-6,8H2. The van der Waals surface area contributed by atoms with Gasteiger partial charge in [0, 0.05) is 32.5 Å². The van der Waals surface area contributed by atoms with Crippen molar-refractivity contribution in [2.45, 2.75) is 31.9 Å². The summed E-state index contributed by atoms with van der Waals surface area (Å²) in [5.41, 5.74) is 0.865. The minimum atomic E-state index is -2.87. The number of hydrogen-bond acceptors (Lipinski definition) is 2. The molecule has 0 saturated carbocycles. The van der Waals surface area contributed by atoms with Gasteiger partial charge in [0.15, 0.2) is 0 Å². The summed E-state index contributed by atoms with van der Waals surface area (Å²) in [6.45, 7) is -1.69. The minimum absolute atomic E-state index is 0.0638. The largest absolute Gasteiger partial charge is 0.434 e. The molecular formula is C13H14BrF4NO. The summed E-state index contributed by atoms with van der Waals surface area (Å²) in [4.78, 5) is 1.92. The first-order valence-corrected chi connectivity index (χ1v) is 6.98. The molecule has 20 heavy (non-hydrogen) atoms. The van der Waals surface area contributed by atoms with Gasteiger partial charge in [-0.05, 0) is 33.6 Å². The zero-order valence-corrected chi connectivity index (χ0v) is 12.2. The van der Waals surface area contributed by atoms with E-state index in [0.29, 0.717) is 24.1 Å². The molecule has 1 aliphatic rings. The van der Waals surface area contributed by atoms with E-state index in [1.807, 2.05) is 4.90 Å². The van der Waals surface area contributed by atoms with E-state index in [2.05, 4.69) is 20.7 Å². The number of hydrogen-bond donors (Lipinski definition) is 0. The van der Waals surface area contributed by atoms with Crippen LogP contribution >= 0.6 is 15.9 Å². The van der Waals surface area contributed by atoms with E-state index in [0.717, 1.165) is 5.56 Å². The smallest absolute Gasteiger partial charge is 0.387 e. The van der Waals surface area contributed by atoms with Crippen LogP contribution in [0, 0.1) is 0 Å². The van der Waals surface area contributed by atoms with E-state index < -0.39 is 12.5 Å². The Morgan fingerprint density at radius 3 is 2.45 bits per heavy atom. The van der Waals surface area contributed by atoms with Crippen LogP contribution in [-0.4, -0.2) is 30.5 Å². The number of nitrogens with zero attached hydrogens (tertiary/aromatic N) is 1. The molecule has 0 aliphatic carbocycles. The highest BCUT2D eigenvalue weighted by Gasteiger charge is 2.33. The Kier molecular flexibility index (Phi) is 4.90. The lowest BCUT2D eigenvalue weighted by Crippen LogP contribution is -2.38. The van der Waals surface area contributed by atoms with Gasteiger partial charge in [-0.2, -0.15) is 8.78 Å². The molecule has 1 fully saturated rings. The van der Waals surface area contributed by atoms with E-state index in [-0.39, 0.29) is 18.6 Å². The highest BCUT2D eigenvalue weighted by atomic mass is 79.9. The van der Waals surface area contributed by atoms with Crippen molar-refractivity contribution in [3.8, 4) is 5.75 Å². The molecular weight excluding hydrogens is 342 g/mol. The molecule has 0 N–H and O–H groups in total. The first-order valence-electron chi connectivity index (χ1n) is 6.19. The molecule has 1 aliphatic heterocycles. The third kappa shape index (κ3) is 4.34. The highest BCUT2D eigenvalue weighted by Crippen LogP contribution is 2.30. The normalized spacial score (nSPS) is 19.3. The summed E-state index contributed by atoms with van der Waals surface area (Å²) < 4.78 is 55.1. The summed E-state index contributed by atoms with van der Waals surface area (Å²) in [5.74, 6) is -2.50. The molecule has 0 aromatic heterocycles. The minimum Gasteiger partial charge on any atom is -0.434 e. The first-order chi connectivity index (χ1) is 9.35. The van der Waals surface area contributed by atoms with Gasteiger partial charge in [-0.1, -0.05) is 6.07 Å². The SMILES string of the molecule is FC(F)Oc1ccc(CN2CCC(F)(F)CC2)cc1Br. The molecule has 2 rings (SSSR count). The van der Waals surface area contributed by atoms with E-state index in [9.17, 15) is 17.6 Å². The molecule has 0 amide bonds. The Labute approximate surface area is 122 Å². The van der Waals surface area contributed by atoms with Crippen LogP contribution < -0.4 is 4.74 Å². The lowest BCUT2D eigenvalue weighted by molar-refractivity contribution is -0.0566. The van der Waals surface area contributed by atoms with Crippen molar-refractivity contribution in [3.05, 3.63) is 28.2 Å². The van der Waals surface area contributed by atoms with Crippen LogP contribution in [0.15, 0.2) is 22.7 Å². The number of alkyl halides is 4. The summed E-state index contributed by atoms with van der Waals surface area (Å²) in [6.07, 6.45) is -0.276. The van der Waals surface area contributed by atoms with Gasteiger partial charge in [-0.15, -0.1) is 0 Å². The maximum atomic E-state index is 13.0. The molecule has 0 atom stereocenters. The number of halogens is 5. The van der Waals surface area contributed by atoms with Crippen molar-refractivity contribution < 1.29 is 22.3 Å².